The number of quaternary nitrogens is 1. The number of hydrogen-bond donors (Lipinski definition) is 0. The van der Waals surface area contributed by atoms with Crippen LogP contribution in [0.5, 0.6) is 5.75 Å². The monoisotopic (exact) mass is 468 g/mol. The molecule has 188 valence electrons. The third kappa shape index (κ3) is 12.2. The van der Waals surface area contributed by atoms with Crippen LogP contribution in [0.25, 0.3) is 0 Å². The van der Waals surface area contributed by atoms with E-state index >= 15 is 0 Å². The van der Waals surface area contributed by atoms with E-state index in [1.54, 1.807) is 0 Å². The number of para-hydroxylation sites is 1. The molecule has 4 heteroatoms. The first-order chi connectivity index (χ1) is 16.5. The minimum absolute atomic E-state index is 0.157. The number of esters is 1. The first-order valence-electron chi connectivity index (χ1n) is 13.2. The lowest BCUT2D eigenvalue weighted by molar-refractivity contribution is -0.903. The maximum atomic E-state index is 12.2. The molecule has 0 aromatic heterocycles. The van der Waals surface area contributed by atoms with E-state index < -0.39 is 0 Å². The summed E-state index contributed by atoms with van der Waals surface area (Å²) in [6, 6.07) is 18.6. The number of ether oxygens (including phenoxy) is 2. The smallest absolute Gasteiger partial charge is 0.311 e. The van der Waals surface area contributed by atoms with Crippen molar-refractivity contribution in [2.75, 3.05) is 33.9 Å². The van der Waals surface area contributed by atoms with Crippen molar-refractivity contribution < 1.29 is 18.8 Å². The molecular weight excluding hydrogens is 422 g/mol. The van der Waals surface area contributed by atoms with Gasteiger partial charge in [0.2, 0.25) is 0 Å². The number of benzene rings is 2. The summed E-state index contributed by atoms with van der Waals surface area (Å²) in [5.41, 5.74) is 2.53. The van der Waals surface area contributed by atoms with E-state index in [1.807, 2.05) is 18.2 Å². The van der Waals surface area contributed by atoms with E-state index in [0.717, 1.165) is 29.7 Å². The van der Waals surface area contributed by atoms with Gasteiger partial charge in [-0.2, -0.15) is 0 Å². The molecule has 2 aromatic carbocycles. The van der Waals surface area contributed by atoms with E-state index in [4.69, 9.17) is 9.47 Å². The highest BCUT2D eigenvalue weighted by atomic mass is 16.6. The molecule has 2 aromatic rings. The molecule has 0 bridgehead atoms. The molecule has 0 fully saturated rings. The second kappa shape index (κ2) is 16.3. The van der Waals surface area contributed by atoms with Crippen LogP contribution in [-0.2, 0) is 22.5 Å². The van der Waals surface area contributed by atoms with Crippen LogP contribution in [0, 0.1) is 0 Å². The Labute approximate surface area is 207 Å². The molecule has 0 aliphatic heterocycles. The summed E-state index contributed by atoms with van der Waals surface area (Å²) < 4.78 is 12.1. The van der Waals surface area contributed by atoms with Crippen molar-refractivity contribution in [1.82, 2.24) is 0 Å². The maximum Gasteiger partial charge on any atom is 0.311 e. The SMILES string of the molecule is CCCCCCCCCCc1ccccc1OCCOC(=O)CC[N+](C)(C)Cc1ccccc1. The fourth-order valence-electron chi connectivity index (χ4n) is 4.23. The summed E-state index contributed by atoms with van der Waals surface area (Å²) >= 11 is 0. The van der Waals surface area contributed by atoms with Crippen LogP contribution in [0.1, 0.15) is 75.8 Å². The Hall–Kier alpha value is -2.33. The number of nitrogens with zero attached hydrogens (tertiary/aromatic N) is 1. The quantitative estimate of drug-likeness (QED) is 0.135. The highest BCUT2D eigenvalue weighted by Gasteiger charge is 2.18. The van der Waals surface area contributed by atoms with Gasteiger partial charge < -0.3 is 14.0 Å². The van der Waals surface area contributed by atoms with Crippen molar-refractivity contribution >= 4 is 5.97 Å². The minimum atomic E-state index is -0.157. The van der Waals surface area contributed by atoms with Gasteiger partial charge in [0, 0.05) is 5.56 Å². The molecule has 34 heavy (non-hydrogen) atoms. The Balaban J connectivity index is 1.60. The van der Waals surface area contributed by atoms with Crippen LogP contribution in [0.4, 0.5) is 0 Å². The molecule has 0 aliphatic carbocycles. The number of aryl methyl sites for hydroxylation is 1. The molecule has 0 aliphatic rings. The average molecular weight is 469 g/mol. The van der Waals surface area contributed by atoms with Gasteiger partial charge in [-0.1, -0.05) is 100 Å². The van der Waals surface area contributed by atoms with E-state index in [9.17, 15) is 4.79 Å². The first-order valence-corrected chi connectivity index (χ1v) is 13.2. The number of carbonyl (C=O) groups excluding carboxylic acids is 1. The summed E-state index contributed by atoms with van der Waals surface area (Å²) in [6.45, 7) is 4.58. The Morgan fingerprint density at radius 2 is 1.44 bits per heavy atom. The van der Waals surface area contributed by atoms with Gasteiger partial charge in [-0.3, -0.25) is 4.79 Å². The van der Waals surface area contributed by atoms with E-state index in [1.165, 1.54) is 62.5 Å². The van der Waals surface area contributed by atoms with Crippen molar-refractivity contribution in [3.8, 4) is 5.75 Å². The number of hydrogen-bond acceptors (Lipinski definition) is 3. The largest absolute Gasteiger partial charge is 0.490 e. The van der Waals surface area contributed by atoms with Gasteiger partial charge in [0.25, 0.3) is 0 Å². The molecule has 0 saturated heterocycles. The minimum Gasteiger partial charge on any atom is -0.490 e. The summed E-state index contributed by atoms with van der Waals surface area (Å²) in [5.74, 6) is 0.761. The van der Waals surface area contributed by atoms with Gasteiger partial charge in [-0.05, 0) is 24.5 Å². The van der Waals surface area contributed by atoms with Crippen molar-refractivity contribution in [2.45, 2.75) is 77.7 Å². The number of unbranched alkanes of at least 4 members (excludes halogenated alkanes) is 7. The predicted molar refractivity (Wildman–Crippen MR) is 141 cm³/mol. The van der Waals surface area contributed by atoms with E-state index in [2.05, 4.69) is 57.4 Å². The van der Waals surface area contributed by atoms with Crippen LogP contribution >= 0.6 is 0 Å². The van der Waals surface area contributed by atoms with E-state index in [-0.39, 0.29) is 12.6 Å². The molecule has 0 N–H and O–H groups in total. The molecule has 0 atom stereocenters. The second-order valence-electron chi connectivity index (χ2n) is 9.95. The Kier molecular flexibility index (Phi) is 13.4. The fraction of sp³-hybridized carbons (Fsp3) is 0.567. The Morgan fingerprint density at radius 3 is 2.18 bits per heavy atom. The summed E-state index contributed by atoms with van der Waals surface area (Å²) in [5, 5.41) is 0. The topological polar surface area (TPSA) is 35.5 Å². The van der Waals surface area contributed by atoms with Crippen molar-refractivity contribution in [1.29, 1.82) is 0 Å². The van der Waals surface area contributed by atoms with Gasteiger partial charge in [-0.15, -0.1) is 0 Å². The fourth-order valence-corrected chi connectivity index (χ4v) is 4.23. The van der Waals surface area contributed by atoms with Crippen molar-refractivity contribution in [3.63, 3.8) is 0 Å². The molecule has 0 saturated carbocycles. The van der Waals surface area contributed by atoms with Crippen molar-refractivity contribution in [3.05, 3.63) is 65.7 Å². The van der Waals surface area contributed by atoms with E-state index in [0.29, 0.717) is 13.0 Å². The van der Waals surface area contributed by atoms with Crippen LogP contribution < -0.4 is 4.74 Å². The zero-order chi connectivity index (χ0) is 24.5. The summed E-state index contributed by atoms with van der Waals surface area (Å²) in [6.07, 6.45) is 12.0. The molecule has 0 radical (unpaired) electrons. The normalized spacial score (nSPS) is 11.4. The molecule has 0 amide bonds. The highest BCUT2D eigenvalue weighted by Crippen LogP contribution is 2.21. The second-order valence-corrected chi connectivity index (χ2v) is 9.95. The van der Waals surface area contributed by atoms with Crippen LogP contribution in [0.15, 0.2) is 54.6 Å². The van der Waals surface area contributed by atoms with Gasteiger partial charge in [0.05, 0.1) is 27.1 Å². The van der Waals surface area contributed by atoms with Gasteiger partial charge in [-0.25, -0.2) is 0 Å². The number of rotatable bonds is 18. The Morgan fingerprint density at radius 1 is 0.794 bits per heavy atom. The lowest BCUT2D eigenvalue weighted by Gasteiger charge is -2.29. The molecule has 0 unspecified atom stereocenters. The van der Waals surface area contributed by atoms with Crippen LogP contribution in [0.2, 0.25) is 0 Å². The standard InChI is InChI=1S/C30H46NO3/c1-4-5-6-7-8-9-10-14-19-28-20-15-16-21-29(28)33-24-25-34-30(32)22-23-31(2,3)26-27-17-12-11-13-18-27/h11-13,15-18,20-21H,4-10,14,19,22-26H2,1-3H3/q+1. The average Bonchev–Trinajstić information content (AvgIpc) is 2.83. The zero-order valence-electron chi connectivity index (χ0n) is 21.8. The summed E-state index contributed by atoms with van der Waals surface area (Å²) in [7, 11) is 4.29. The van der Waals surface area contributed by atoms with Gasteiger partial charge in [0.1, 0.15) is 25.5 Å². The predicted octanol–water partition coefficient (Wildman–Crippen LogP) is 6.96. The molecule has 0 spiro atoms. The van der Waals surface area contributed by atoms with Crippen LogP contribution in [-0.4, -0.2) is 44.3 Å². The van der Waals surface area contributed by atoms with Crippen molar-refractivity contribution in [2.24, 2.45) is 0 Å². The first kappa shape index (κ1) is 27.9. The third-order valence-corrected chi connectivity index (χ3v) is 6.25. The molecular formula is C30H46NO3+. The molecule has 0 heterocycles. The van der Waals surface area contributed by atoms with Gasteiger partial charge >= 0.3 is 5.97 Å². The number of carbonyl (C=O) groups is 1. The lowest BCUT2D eigenvalue weighted by Crippen LogP contribution is -2.40. The molecule has 4 nitrogen and oxygen atoms in total. The zero-order valence-corrected chi connectivity index (χ0v) is 21.8. The highest BCUT2D eigenvalue weighted by molar-refractivity contribution is 5.69. The molecule has 2 rings (SSSR count). The Bertz CT molecular complexity index is 804. The van der Waals surface area contributed by atoms with Crippen LogP contribution in [0.3, 0.4) is 0 Å². The van der Waals surface area contributed by atoms with Gasteiger partial charge in [0.15, 0.2) is 0 Å². The lowest BCUT2D eigenvalue weighted by atomic mass is 10.0. The summed E-state index contributed by atoms with van der Waals surface area (Å²) in [4.78, 5) is 12.2. The third-order valence-electron chi connectivity index (χ3n) is 6.25. The maximum absolute atomic E-state index is 12.2.